The van der Waals surface area contributed by atoms with Crippen molar-refractivity contribution in [1.82, 2.24) is 15.5 Å². The molecule has 0 radical (unpaired) electrons. The summed E-state index contributed by atoms with van der Waals surface area (Å²) >= 11 is 0. The van der Waals surface area contributed by atoms with E-state index in [2.05, 4.69) is 10.6 Å². The van der Waals surface area contributed by atoms with Crippen molar-refractivity contribution in [2.24, 2.45) is 5.92 Å². The van der Waals surface area contributed by atoms with Crippen LogP contribution in [0.15, 0.2) is 0 Å². The average molecular weight is 325 g/mol. The van der Waals surface area contributed by atoms with Gasteiger partial charge in [-0.25, -0.2) is 4.79 Å². The van der Waals surface area contributed by atoms with Crippen LogP contribution in [0.2, 0.25) is 0 Å². The van der Waals surface area contributed by atoms with Gasteiger partial charge in [0, 0.05) is 26.2 Å². The summed E-state index contributed by atoms with van der Waals surface area (Å²) in [5.41, 5.74) is -0.458. The second kappa shape index (κ2) is 7.99. The summed E-state index contributed by atoms with van der Waals surface area (Å²) in [6.45, 7) is 8.69. The van der Waals surface area contributed by atoms with Gasteiger partial charge in [-0.1, -0.05) is 0 Å². The Morgan fingerprint density at radius 2 is 2.09 bits per heavy atom. The number of carbonyl (C=O) groups excluding carboxylic acids is 2. The Labute approximate surface area is 139 Å². The van der Waals surface area contributed by atoms with Crippen molar-refractivity contribution >= 4 is 12.0 Å². The lowest BCUT2D eigenvalue weighted by Gasteiger charge is -2.34. The molecule has 0 aromatic heterocycles. The van der Waals surface area contributed by atoms with Gasteiger partial charge in [-0.05, 0) is 58.8 Å². The number of nitrogens with zero attached hydrogens (tertiary/aromatic N) is 1. The second-order valence-corrected chi connectivity index (χ2v) is 7.68. The molecule has 0 saturated carbocycles. The fourth-order valence-electron chi connectivity index (χ4n) is 3.17. The summed E-state index contributed by atoms with van der Waals surface area (Å²) in [6, 6.07) is -0.0885. The molecule has 0 aliphatic carbocycles. The summed E-state index contributed by atoms with van der Waals surface area (Å²) in [7, 11) is 0. The van der Waals surface area contributed by atoms with Crippen LogP contribution in [-0.2, 0) is 9.53 Å². The van der Waals surface area contributed by atoms with E-state index in [4.69, 9.17) is 4.74 Å². The van der Waals surface area contributed by atoms with Crippen LogP contribution < -0.4 is 10.6 Å². The zero-order valence-corrected chi connectivity index (χ0v) is 14.7. The van der Waals surface area contributed by atoms with Crippen LogP contribution in [0.25, 0.3) is 0 Å². The summed E-state index contributed by atoms with van der Waals surface area (Å²) in [4.78, 5) is 25.9. The minimum Gasteiger partial charge on any atom is -0.444 e. The third-order valence-electron chi connectivity index (χ3n) is 4.36. The van der Waals surface area contributed by atoms with E-state index >= 15 is 0 Å². The van der Waals surface area contributed by atoms with Crippen molar-refractivity contribution in [1.29, 1.82) is 0 Å². The number of nitrogens with one attached hydrogen (secondary N) is 2. The Morgan fingerprint density at radius 1 is 1.30 bits per heavy atom. The molecule has 2 saturated heterocycles. The molecule has 2 N–H and O–H groups in total. The summed E-state index contributed by atoms with van der Waals surface area (Å²) < 4.78 is 5.46. The molecule has 0 spiro atoms. The van der Waals surface area contributed by atoms with E-state index in [0.29, 0.717) is 12.5 Å². The number of hydrogen-bond donors (Lipinski definition) is 2. The van der Waals surface area contributed by atoms with E-state index in [-0.39, 0.29) is 18.0 Å². The van der Waals surface area contributed by atoms with Crippen LogP contribution in [-0.4, -0.2) is 54.7 Å². The molecule has 6 heteroatoms. The standard InChI is InChI=1S/C17H31N3O3/c1-17(2,3)23-16(22)20-10-6-7-13(12-20)11-19-14-8-4-5-9-18-15(14)21/h13-14,19H,4-12H2,1-3H3,(H,18,21)/t13-,14+/m0/s1. The maximum absolute atomic E-state index is 12.2. The first-order chi connectivity index (χ1) is 10.8. The average Bonchev–Trinajstić information content (AvgIpc) is 2.68. The van der Waals surface area contributed by atoms with Gasteiger partial charge in [-0.15, -0.1) is 0 Å². The fraction of sp³-hybridized carbons (Fsp3) is 0.882. The van der Waals surface area contributed by atoms with E-state index in [1.54, 1.807) is 4.90 Å². The van der Waals surface area contributed by atoms with Crippen LogP contribution in [0.1, 0.15) is 52.9 Å². The van der Waals surface area contributed by atoms with Crippen molar-refractivity contribution in [2.45, 2.75) is 64.5 Å². The number of amides is 2. The van der Waals surface area contributed by atoms with Crippen molar-refractivity contribution in [3.05, 3.63) is 0 Å². The van der Waals surface area contributed by atoms with Gasteiger partial charge in [0.1, 0.15) is 5.60 Å². The van der Waals surface area contributed by atoms with E-state index in [9.17, 15) is 9.59 Å². The quantitative estimate of drug-likeness (QED) is 0.831. The van der Waals surface area contributed by atoms with Gasteiger partial charge in [-0.2, -0.15) is 0 Å². The van der Waals surface area contributed by atoms with E-state index in [1.807, 2.05) is 20.8 Å². The molecule has 0 aromatic carbocycles. The van der Waals surface area contributed by atoms with E-state index in [0.717, 1.165) is 51.7 Å². The lowest BCUT2D eigenvalue weighted by atomic mass is 9.97. The van der Waals surface area contributed by atoms with Gasteiger partial charge >= 0.3 is 6.09 Å². The first kappa shape index (κ1) is 18.0. The first-order valence-corrected chi connectivity index (χ1v) is 8.84. The Hall–Kier alpha value is -1.30. The van der Waals surface area contributed by atoms with Crippen molar-refractivity contribution in [2.75, 3.05) is 26.2 Å². The number of ether oxygens (including phenoxy) is 1. The predicted molar refractivity (Wildman–Crippen MR) is 89.2 cm³/mol. The fourth-order valence-corrected chi connectivity index (χ4v) is 3.17. The van der Waals surface area contributed by atoms with E-state index in [1.165, 1.54) is 0 Å². The predicted octanol–water partition coefficient (Wildman–Crippen LogP) is 1.89. The smallest absolute Gasteiger partial charge is 0.410 e. The highest BCUT2D eigenvalue weighted by Crippen LogP contribution is 2.19. The highest BCUT2D eigenvalue weighted by molar-refractivity contribution is 5.81. The third kappa shape index (κ3) is 6.01. The third-order valence-corrected chi connectivity index (χ3v) is 4.36. The molecule has 2 aliphatic heterocycles. The van der Waals surface area contributed by atoms with Crippen LogP contribution in [0.5, 0.6) is 0 Å². The molecule has 2 rings (SSSR count). The zero-order chi connectivity index (χ0) is 16.9. The molecule has 2 amide bonds. The van der Waals surface area contributed by atoms with Crippen molar-refractivity contribution < 1.29 is 14.3 Å². The second-order valence-electron chi connectivity index (χ2n) is 7.68. The van der Waals surface area contributed by atoms with Gasteiger partial charge in [0.25, 0.3) is 0 Å². The number of piperidine rings is 1. The molecule has 0 unspecified atom stereocenters. The van der Waals surface area contributed by atoms with Crippen LogP contribution in [0.4, 0.5) is 4.79 Å². The summed E-state index contributed by atoms with van der Waals surface area (Å²) in [6.07, 6.45) is 4.87. The summed E-state index contributed by atoms with van der Waals surface area (Å²) in [5, 5.41) is 6.35. The molecule has 23 heavy (non-hydrogen) atoms. The highest BCUT2D eigenvalue weighted by atomic mass is 16.6. The SMILES string of the molecule is CC(C)(C)OC(=O)N1CCC[C@@H](CN[C@@H]2CCCCNC2=O)C1. The Balaban J connectivity index is 1.79. The molecule has 132 valence electrons. The minimum absolute atomic E-state index is 0.0885. The molecule has 2 fully saturated rings. The molecule has 6 nitrogen and oxygen atoms in total. The largest absolute Gasteiger partial charge is 0.444 e. The number of rotatable bonds is 3. The lowest BCUT2D eigenvalue weighted by molar-refractivity contribution is -0.122. The monoisotopic (exact) mass is 325 g/mol. The molecule has 0 aromatic rings. The van der Waals surface area contributed by atoms with Crippen LogP contribution in [0, 0.1) is 5.92 Å². The van der Waals surface area contributed by atoms with Gasteiger partial charge in [-0.3, -0.25) is 4.79 Å². The Bertz CT molecular complexity index is 420. The number of hydrogen-bond acceptors (Lipinski definition) is 4. The van der Waals surface area contributed by atoms with Gasteiger partial charge in [0.15, 0.2) is 0 Å². The normalized spacial score (nSPS) is 26.4. The van der Waals surface area contributed by atoms with Gasteiger partial charge in [0.2, 0.25) is 5.91 Å². The van der Waals surface area contributed by atoms with Crippen LogP contribution >= 0.6 is 0 Å². The molecule has 2 atom stereocenters. The maximum Gasteiger partial charge on any atom is 0.410 e. The zero-order valence-electron chi connectivity index (χ0n) is 14.7. The van der Waals surface area contributed by atoms with Crippen molar-refractivity contribution in [3.63, 3.8) is 0 Å². The Kier molecular flexibility index (Phi) is 6.27. The number of carbonyl (C=O) groups is 2. The molecular formula is C17H31N3O3. The van der Waals surface area contributed by atoms with Gasteiger partial charge < -0.3 is 20.3 Å². The van der Waals surface area contributed by atoms with Crippen LogP contribution in [0.3, 0.4) is 0 Å². The molecule has 0 bridgehead atoms. The molecule has 2 aliphatic rings. The molecular weight excluding hydrogens is 294 g/mol. The Morgan fingerprint density at radius 3 is 2.83 bits per heavy atom. The highest BCUT2D eigenvalue weighted by Gasteiger charge is 2.28. The topological polar surface area (TPSA) is 70.7 Å². The number of likely N-dealkylation sites (tertiary alicyclic amines) is 1. The van der Waals surface area contributed by atoms with Crippen molar-refractivity contribution in [3.8, 4) is 0 Å². The lowest BCUT2D eigenvalue weighted by Crippen LogP contribution is -2.48. The van der Waals surface area contributed by atoms with E-state index < -0.39 is 5.60 Å². The van der Waals surface area contributed by atoms with Gasteiger partial charge in [0.05, 0.1) is 6.04 Å². The maximum atomic E-state index is 12.2. The first-order valence-electron chi connectivity index (χ1n) is 8.84. The minimum atomic E-state index is -0.458. The molecule has 2 heterocycles. The summed E-state index contributed by atoms with van der Waals surface area (Å²) in [5.74, 6) is 0.495.